The number of hydrogen-bond donors (Lipinski definition) is 2. The summed E-state index contributed by atoms with van der Waals surface area (Å²) in [6, 6.07) is 9.72. The average Bonchev–Trinajstić information content (AvgIpc) is 3.37. The van der Waals surface area contributed by atoms with E-state index in [1.54, 1.807) is 26.1 Å². The van der Waals surface area contributed by atoms with Crippen LogP contribution in [0.3, 0.4) is 0 Å². The summed E-state index contributed by atoms with van der Waals surface area (Å²) in [5.74, 6) is 0.103. The molecule has 0 spiro atoms. The highest BCUT2D eigenvalue weighted by Gasteiger charge is 2.45. The smallest absolute Gasteiger partial charge is 0.322 e. The van der Waals surface area contributed by atoms with Gasteiger partial charge in [-0.15, -0.1) is 0 Å². The molecule has 0 saturated carbocycles. The van der Waals surface area contributed by atoms with Crippen LogP contribution in [0.15, 0.2) is 58.3 Å². The second kappa shape index (κ2) is 7.70. The Kier molecular flexibility index (Phi) is 5.07. The lowest BCUT2D eigenvalue weighted by atomic mass is 9.95. The predicted molar refractivity (Wildman–Crippen MR) is 109 cm³/mol. The molecule has 30 heavy (non-hydrogen) atoms. The van der Waals surface area contributed by atoms with Crippen LogP contribution in [-0.2, 0) is 16.1 Å². The van der Waals surface area contributed by atoms with Crippen molar-refractivity contribution in [3.05, 3.63) is 70.8 Å². The average molecular weight is 408 g/mol. The minimum absolute atomic E-state index is 0.204. The molecule has 156 valence electrons. The van der Waals surface area contributed by atoms with Gasteiger partial charge < -0.3 is 20.0 Å². The molecule has 8 heteroatoms. The van der Waals surface area contributed by atoms with E-state index in [0.717, 1.165) is 11.1 Å². The first-order valence-electron chi connectivity index (χ1n) is 9.81. The van der Waals surface area contributed by atoms with Gasteiger partial charge in [-0.3, -0.25) is 14.5 Å². The number of carbonyl (C=O) groups is 3. The molecule has 0 fully saturated rings. The Hall–Kier alpha value is -3.55. The summed E-state index contributed by atoms with van der Waals surface area (Å²) in [6.45, 7) is 4.12. The number of benzene rings is 1. The number of carbonyl (C=O) groups excluding carboxylic acids is 3. The van der Waals surface area contributed by atoms with Crippen molar-refractivity contribution in [1.82, 2.24) is 20.4 Å². The molecule has 2 aromatic rings. The van der Waals surface area contributed by atoms with Crippen LogP contribution in [0.5, 0.6) is 0 Å². The summed E-state index contributed by atoms with van der Waals surface area (Å²) in [5, 5.41) is 5.70. The molecule has 1 aromatic heterocycles. The normalized spacial score (nSPS) is 19.6. The van der Waals surface area contributed by atoms with E-state index < -0.39 is 12.1 Å². The number of furan rings is 1. The lowest BCUT2D eigenvalue weighted by Crippen LogP contribution is -2.46. The number of amides is 4. The largest absolute Gasteiger partial charge is 0.467 e. The zero-order valence-electron chi connectivity index (χ0n) is 17.1. The summed E-state index contributed by atoms with van der Waals surface area (Å²) in [4.78, 5) is 41.4. The maximum absolute atomic E-state index is 13.3. The van der Waals surface area contributed by atoms with Crippen molar-refractivity contribution in [3.63, 3.8) is 0 Å². The van der Waals surface area contributed by atoms with Crippen molar-refractivity contribution in [2.45, 2.75) is 32.5 Å². The first kappa shape index (κ1) is 19.8. The molecular weight excluding hydrogens is 384 g/mol. The van der Waals surface area contributed by atoms with E-state index in [0.29, 0.717) is 17.0 Å². The maximum Gasteiger partial charge on any atom is 0.322 e. The molecule has 2 atom stereocenters. The van der Waals surface area contributed by atoms with Gasteiger partial charge in [0.15, 0.2) is 0 Å². The fourth-order valence-corrected chi connectivity index (χ4v) is 3.79. The molecule has 4 rings (SSSR count). The van der Waals surface area contributed by atoms with Gasteiger partial charge >= 0.3 is 6.03 Å². The lowest BCUT2D eigenvalue weighted by molar-refractivity contribution is -0.135. The second-order valence-corrected chi connectivity index (χ2v) is 7.62. The van der Waals surface area contributed by atoms with Gasteiger partial charge in [0.05, 0.1) is 36.7 Å². The molecule has 0 saturated heterocycles. The highest BCUT2D eigenvalue weighted by atomic mass is 16.3. The third kappa shape index (κ3) is 3.45. The van der Waals surface area contributed by atoms with Crippen LogP contribution in [0.2, 0.25) is 0 Å². The topological polar surface area (TPSA) is 94.9 Å². The Morgan fingerprint density at radius 1 is 1.27 bits per heavy atom. The predicted octanol–water partition coefficient (Wildman–Crippen LogP) is 2.09. The summed E-state index contributed by atoms with van der Waals surface area (Å²) >= 11 is 0. The van der Waals surface area contributed by atoms with E-state index in [9.17, 15) is 14.4 Å². The number of aryl methyl sites for hydroxylation is 1. The maximum atomic E-state index is 13.3. The lowest BCUT2D eigenvalue weighted by Gasteiger charge is -2.31. The fraction of sp³-hybridized carbons (Fsp3) is 0.318. The molecule has 0 radical (unpaired) electrons. The summed E-state index contributed by atoms with van der Waals surface area (Å²) in [5.41, 5.74) is 3.06. The fourth-order valence-electron chi connectivity index (χ4n) is 3.79. The summed E-state index contributed by atoms with van der Waals surface area (Å²) in [7, 11) is 1.63. The van der Waals surface area contributed by atoms with Crippen molar-refractivity contribution >= 4 is 17.8 Å². The van der Waals surface area contributed by atoms with Crippen molar-refractivity contribution in [2.75, 3.05) is 13.6 Å². The zero-order valence-corrected chi connectivity index (χ0v) is 17.1. The van der Waals surface area contributed by atoms with Crippen LogP contribution in [-0.4, -0.2) is 47.3 Å². The Morgan fingerprint density at radius 2 is 2.00 bits per heavy atom. The Labute approximate surface area is 174 Å². The monoisotopic (exact) mass is 408 g/mol. The number of urea groups is 1. The summed E-state index contributed by atoms with van der Waals surface area (Å²) in [6.07, 6.45) is 1.54. The Bertz CT molecular complexity index is 1010. The van der Waals surface area contributed by atoms with Crippen LogP contribution in [0.25, 0.3) is 0 Å². The quantitative estimate of drug-likeness (QED) is 0.792. The third-order valence-electron chi connectivity index (χ3n) is 5.66. The minimum Gasteiger partial charge on any atom is -0.467 e. The van der Waals surface area contributed by atoms with Gasteiger partial charge in [0.2, 0.25) is 5.91 Å². The van der Waals surface area contributed by atoms with Crippen LogP contribution >= 0.6 is 0 Å². The number of hydrogen-bond acceptors (Lipinski definition) is 4. The van der Waals surface area contributed by atoms with Gasteiger partial charge in [0.25, 0.3) is 5.91 Å². The van der Waals surface area contributed by atoms with Gasteiger partial charge in [-0.25, -0.2) is 4.79 Å². The molecule has 1 aromatic carbocycles. The Morgan fingerprint density at radius 3 is 2.67 bits per heavy atom. The zero-order chi connectivity index (χ0) is 21.4. The molecule has 0 bridgehead atoms. The third-order valence-corrected chi connectivity index (χ3v) is 5.66. The molecular formula is C22H24N4O4. The number of likely N-dealkylation sites (N-methyl/N-ethyl adjacent to an activating group) is 1. The van der Waals surface area contributed by atoms with Crippen LogP contribution in [0, 0.1) is 6.92 Å². The van der Waals surface area contributed by atoms with Crippen LogP contribution < -0.4 is 10.6 Å². The van der Waals surface area contributed by atoms with Gasteiger partial charge in [-0.2, -0.15) is 0 Å². The van der Waals surface area contributed by atoms with Gasteiger partial charge in [0, 0.05) is 7.05 Å². The van der Waals surface area contributed by atoms with Gasteiger partial charge in [0.1, 0.15) is 11.8 Å². The molecule has 0 aliphatic carbocycles. The standard InChI is InChI=1S/C22H24N4O4/c1-13-6-8-15(9-7-13)19-18-17(25(3)22(29)24-19)12-26(21(18)28)14(2)20(27)23-11-16-5-4-10-30-16/h4-10,14,19H,11-12H2,1-3H3,(H,23,27)(H,24,29). The molecule has 2 aliphatic heterocycles. The summed E-state index contributed by atoms with van der Waals surface area (Å²) < 4.78 is 5.23. The van der Waals surface area contributed by atoms with E-state index in [4.69, 9.17) is 4.42 Å². The van der Waals surface area contributed by atoms with Crippen molar-refractivity contribution in [1.29, 1.82) is 0 Å². The van der Waals surface area contributed by atoms with Crippen molar-refractivity contribution < 1.29 is 18.8 Å². The highest BCUT2D eigenvalue weighted by Crippen LogP contribution is 2.36. The first-order valence-corrected chi connectivity index (χ1v) is 9.81. The molecule has 8 nitrogen and oxygen atoms in total. The minimum atomic E-state index is -0.694. The SMILES string of the molecule is Cc1ccc(C2NC(=O)N(C)C3=C2C(=O)N(C(C)C(=O)NCc2ccco2)C3)cc1. The highest BCUT2D eigenvalue weighted by molar-refractivity contribution is 6.03. The van der Waals surface area contributed by atoms with E-state index in [1.165, 1.54) is 16.1 Å². The molecule has 2 N–H and O–H groups in total. The van der Waals surface area contributed by atoms with Gasteiger partial charge in [-0.05, 0) is 31.5 Å². The number of nitrogens with one attached hydrogen (secondary N) is 2. The molecule has 3 heterocycles. The number of rotatable bonds is 5. The second-order valence-electron chi connectivity index (χ2n) is 7.62. The van der Waals surface area contributed by atoms with Gasteiger partial charge in [-0.1, -0.05) is 29.8 Å². The molecule has 2 aliphatic rings. The Balaban J connectivity index is 1.55. The van der Waals surface area contributed by atoms with E-state index in [1.807, 2.05) is 31.2 Å². The van der Waals surface area contributed by atoms with Crippen LogP contribution in [0.4, 0.5) is 4.79 Å². The van der Waals surface area contributed by atoms with E-state index in [-0.39, 0.29) is 30.9 Å². The van der Waals surface area contributed by atoms with Crippen molar-refractivity contribution in [3.8, 4) is 0 Å². The molecule has 2 unspecified atom stereocenters. The number of nitrogens with zero attached hydrogens (tertiary/aromatic N) is 2. The van der Waals surface area contributed by atoms with Crippen LogP contribution in [0.1, 0.15) is 29.9 Å². The van der Waals surface area contributed by atoms with E-state index in [2.05, 4.69) is 10.6 Å². The molecule has 4 amide bonds. The first-order chi connectivity index (χ1) is 14.4. The van der Waals surface area contributed by atoms with Crippen molar-refractivity contribution in [2.24, 2.45) is 0 Å². The van der Waals surface area contributed by atoms with E-state index >= 15 is 0 Å².